The summed E-state index contributed by atoms with van der Waals surface area (Å²) in [6.45, 7) is 5.45. The van der Waals surface area contributed by atoms with E-state index >= 15 is 0 Å². The summed E-state index contributed by atoms with van der Waals surface area (Å²) in [6.07, 6.45) is 3.43. The lowest BCUT2D eigenvalue weighted by Gasteiger charge is -2.21. The molecule has 0 aliphatic heterocycles. The quantitative estimate of drug-likeness (QED) is 0.571. The predicted octanol–water partition coefficient (Wildman–Crippen LogP) is 1.80. The fraction of sp³-hybridized carbons (Fsp3) is 0.450. The van der Waals surface area contributed by atoms with Gasteiger partial charge in [-0.3, -0.25) is 24.0 Å². The van der Waals surface area contributed by atoms with E-state index < -0.39 is 24.0 Å². The highest BCUT2D eigenvalue weighted by Crippen LogP contribution is 2.15. The van der Waals surface area contributed by atoms with Crippen molar-refractivity contribution < 1.29 is 19.8 Å². The standard InChI is InChI=1S/C20H27N3O5/c1-13(2)11-16(18(24)25)21-17(19(26)27)12-22-9-10-23(20(22)28)14(3)15-7-5-4-6-8-15/h4-10,13-14,16-17,21H,11-12H2,1-3H3,(H,24,25)(H,26,27)/t14-,16-,17-/m0/s1. The Kier molecular flexibility index (Phi) is 7.17. The minimum atomic E-state index is -1.20. The van der Waals surface area contributed by atoms with Crippen LogP contribution >= 0.6 is 0 Å². The summed E-state index contributed by atoms with van der Waals surface area (Å²) in [5.74, 6) is -2.23. The van der Waals surface area contributed by atoms with Gasteiger partial charge >= 0.3 is 17.6 Å². The zero-order chi connectivity index (χ0) is 20.8. The second kappa shape index (κ2) is 9.36. The van der Waals surface area contributed by atoms with Gasteiger partial charge in [-0.25, -0.2) is 4.79 Å². The Morgan fingerprint density at radius 1 is 1.00 bits per heavy atom. The van der Waals surface area contributed by atoms with E-state index in [1.54, 1.807) is 6.20 Å². The van der Waals surface area contributed by atoms with E-state index in [0.717, 1.165) is 5.56 Å². The van der Waals surface area contributed by atoms with Crippen LogP contribution in [-0.4, -0.2) is 43.4 Å². The molecule has 2 rings (SSSR count). The van der Waals surface area contributed by atoms with E-state index in [0.29, 0.717) is 6.42 Å². The summed E-state index contributed by atoms with van der Waals surface area (Å²) < 4.78 is 2.82. The fourth-order valence-corrected chi connectivity index (χ4v) is 3.11. The number of benzene rings is 1. The normalized spacial score (nSPS) is 14.6. The van der Waals surface area contributed by atoms with Crippen molar-refractivity contribution in [1.29, 1.82) is 0 Å². The van der Waals surface area contributed by atoms with Crippen molar-refractivity contribution in [3.8, 4) is 0 Å². The zero-order valence-corrected chi connectivity index (χ0v) is 16.3. The number of nitrogens with one attached hydrogen (secondary N) is 1. The number of nitrogens with zero attached hydrogens (tertiary/aromatic N) is 2. The van der Waals surface area contributed by atoms with E-state index in [1.165, 1.54) is 15.3 Å². The molecule has 0 unspecified atom stereocenters. The molecule has 152 valence electrons. The second-order valence-corrected chi connectivity index (χ2v) is 7.30. The Morgan fingerprint density at radius 2 is 1.61 bits per heavy atom. The van der Waals surface area contributed by atoms with Crippen molar-refractivity contribution in [2.75, 3.05) is 0 Å². The number of carboxylic acid groups (broad SMARTS) is 2. The van der Waals surface area contributed by atoms with Crippen molar-refractivity contribution in [3.63, 3.8) is 0 Å². The molecule has 3 N–H and O–H groups in total. The Morgan fingerprint density at radius 3 is 2.14 bits per heavy atom. The fourth-order valence-electron chi connectivity index (χ4n) is 3.11. The highest BCUT2D eigenvalue weighted by molar-refractivity contribution is 5.77. The molecule has 1 aromatic carbocycles. The molecule has 0 amide bonds. The van der Waals surface area contributed by atoms with Crippen LogP contribution in [0.1, 0.15) is 38.8 Å². The van der Waals surface area contributed by atoms with E-state index in [4.69, 9.17) is 0 Å². The molecule has 3 atom stereocenters. The minimum absolute atomic E-state index is 0.0820. The molecule has 8 nitrogen and oxygen atoms in total. The van der Waals surface area contributed by atoms with Gasteiger partial charge in [0.25, 0.3) is 0 Å². The number of rotatable bonds is 10. The highest BCUT2D eigenvalue weighted by atomic mass is 16.4. The molecule has 2 aromatic rings. The molecule has 0 bridgehead atoms. The van der Waals surface area contributed by atoms with E-state index in [9.17, 15) is 24.6 Å². The maximum atomic E-state index is 12.7. The summed E-state index contributed by atoms with van der Waals surface area (Å²) in [4.78, 5) is 35.8. The molecule has 0 fully saturated rings. The van der Waals surface area contributed by atoms with Gasteiger partial charge in [0.2, 0.25) is 0 Å². The lowest BCUT2D eigenvalue weighted by atomic mass is 10.0. The average molecular weight is 389 g/mol. The van der Waals surface area contributed by atoms with Crippen LogP contribution in [-0.2, 0) is 16.1 Å². The third-order valence-electron chi connectivity index (χ3n) is 4.66. The lowest BCUT2D eigenvalue weighted by Crippen LogP contribution is -2.50. The van der Waals surface area contributed by atoms with Crippen molar-refractivity contribution in [3.05, 3.63) is 58.8 Å². The smallest absolute Gasteiger partial charge is 0.328 e. The largest absolute Gasteiger partial charge is 0.480 e. The monoisotopic (exact) mass is 389 g/mol. The molecule has 0 saturated carbocycles. The zero-order valence-electron chi connectivity index (χ0n) is 16.3. The van der Waals surface area contributed by atoms with Gasteiger partial charge in [0.15, 0.2) is 0 Å². The Balaban J connectivity index is 2.20. The molecule has 28 heavy (non-hydrogen) atoms. The predicted molar refractivity (Wildman–Crippen MR) is 104 cm³/mol. The molecule has 1 aromatic heterocycles. The van der Waals surface area contributed by atoms with Gasteiger partial charge in [-0.1, -0.05) is 44.2 Å². The molecule has 1 heterocycles. The van der Waals surface area contributed by atoms with Gasteiger partial charge in [0.1, 0.15) is 12.1 Å². The molecule has 8 heteroatoms. The molecular weight excluding hydrogens is 362 g/mol. The van der Waals surface area contributed by atoms with Crippen LogP contribution in [0.4, 0.5) is 0 Å². The number of carbonyl (C=O) groups is 2. The summed E-state index contributed by atoms with van der Waals surface area (Å²) >= 11 is 0. The average Bonchev–Trinajstić information content (AvgIpc) is 3.00. The Hall–Kier alpha value is -2.87. The SMILES string of the molecule is CC(C)C[C@H](N[C@@H](Cn1ccn([C@@H](C)c2ccccc2)c1=O)C(=O)O)C(=O)O. The third kappa shape index (κ3) is 5.32. The van der Waals surface area contributed by atoms with Gasteiger partial charge in [-0.2, -0.15) is 0 Å². The molecular formula is C20H27N3O5. The number of carboxylic acids is 2. The number of hydrogen-bond donors (Lipinski definition) is 3. The summed E-state index contributed by atoms with van der Waals surface area (Å²) in [5, 5.41) is 21.5. The molecule has 0 aliphatic rings. The van der Waals surface area contributed by atoms with E-state index in [1.807, 2.05) is 51.1 Å². The van der Waals surface area contributed by atoms with Gasteiger partial charge in [0, 0.05) is 12.4 Å². The van der Waals surface area contributed by atoms with Crippen molar-refractivity contribution in [1.82, 2.24) is 14.5 Å². The Labute approximate surface area is 163 Å². The van der Waals surface area contributed by atoms with Gasteiger partial charge in [-0.05, 0) is 24.8 Å². The van der Waals surface area contributed by atoms with Gasteiger partial charge in [0.05, 0.1) is 12.6 Å². The molecule has 0 aliphatic carbocycles. The first kappa shape index (κ1) is 21.4. The number of aromatic nitrogens is 2. The maximum Gasteiger partial charge on any atom is 0.328 e. The minimum Gasteiger partial charge on any atom is -0.480 e. The molecule has 0 radical (unpaired) electrons. The van der Waals surface area contributed by atoms with Crippen LogP contribution in [0.3, 0.4) is 0 Å². The van der Waals surface area contributed by atoms with Gasteiger partial charge in [-0.15, -0.1) is 0 Å². The van der Waals surface area contributed by atoms with Crippen LogP contribution in [0.5, 0.6) is 0 Å². The first-order valence-electron chi connectivity index (χ1n) is 9.24. The molecule has 0 spiro atoms. The van der Waals surface area contributed by atoms with Crippen molar-refractivity contribution in [2.24, 2.45) is 5.92 Å². The summed E-state index contributed by atoms with van der Waals surface area (Å²) in [5.41, 5.74) is 0.610. The first-order chi connectivity index (χ1) is 13.2. The van der Waals surface area contributed by atoms with Gasteiger partial charge < -0.3 is 10.2 Å². The van der Waals surface area contributed by atoms with E-state index in [2.05, 4.69) is 5.32 Å². The molecule has 0 saturated heterocycles. The van der Waals surface area contributed by atoms with Crippen LogP contribution in [0.25, 0.3) is 0 Å². The van der Waals surface area contributed by atoms with Crippen molar-refractivity contribution >= 4 is 11.9 Å². The topological polar surface area (TPSA) is 114 Å². The number of hydrogen-bond acceptors (Lipinski definition) is 4. The number of aliphatic carboxylic acids is 2. The van der Waals surface area contributed by atoms with Crippen LogP contribution in [0, 0.1) is 5.92 Å². The first-order valence-corrected chi connectivity index (χ1v) is 9.24. The Bertz CT molecular complexity index is 856. The van der Waals surface area contributed by atoms with E-state index in [-0.39, 0.29) is 24.2 Å². The summed E-state index contributed by atoms with van der Waals surface area (Å²) in [7, 11) is 0. The lowest BCUT2D eigenvalue weighted by molar-refractivity contribution is -0.143. The second-order valence-electron chi connectivity index (χ2n) is 7.30. The van der Waals surface area contributed by atoms with Crippen molar-refractivity contribution in [2.45, 2.75) is 51.9 Å². The van der Waals surface area contributed by atoms with Crippen LogP contribution < -0.4 is 11.0 Å². The van der Waals surface area contributed by atoms with Crippen LogP contribution in [0.2, 0.25) is 0 Å². The third-order valence-corrected chi connectivity index (χ3v) is 4.66. The maximum absolute atomic E-state index is 12.7. The van der Waals surface area contributed by atoms with Crippen LogP contribution in [0.15, 0.2) is 47.5 Å². The summed E-state index contributed by atoms with van der Waals surface area (Å²) in [6, 6.07) is 7.10. The highest BCUT2D eigenvalue weighted by Gasteiger charge is 2.27. The number of imidazole rings is 1.